The van der Waals surface area contributed by atoms with Crippen LogP contribution in [0.4, 0.5) is 5.69 Å². The zero-order chi connectivity index (χ0) is 17.3. The summed E-state index contributed by atoms with van der Waals surface area (Å²) in [7, 11) is 1.56. The average Bonchev–Trinajstić information content (AvgIpc) is 3.19. The van der Waals surface area contributed by atoms with E-state index in [2.05, 4.69) is 29.3 Å². The van der Waals surface area contributed by atoms with Crippen LogP contribution in [0.3, 0.4) is 0 Å². The van der Waals surface area contributed by atoms with Gasteiger partial charge in [0.1, 0.15) is 6.29 Å². The molecule has 3 atom stereocenters. The fourth-order valence-corrected chi connectivity index (χ4v) is 5.69. The monoisotopic (exact) mass is 338 g/mol. The lowest BCUT2D eigenvalue weighted by atomic mass is 9.62. The van der Waals surface area contributed by atoms with Crippen molar-refractivity contribution in [1.29, 1.82) is 0 Å². The number of nitrogens with zero attached hydrogens (tertiary/aromatic N) is 1. The van der Waals surface area contributed by atoms with E-state index in [9.17, 15) is 9.90 Å². The van der Waals surface area contributed by atoms with Gasteiger partial charge >= 0.3 is 0 Å². The Labute approximate surface area is 147 Å². The fraction of sp³-hybridized carbons (Fsp3) is 0.450. The largest absolute Gasteiger partial charge is 0.503 e. The van der Waals surface area contributed by atoms with Gasteiger partial charge in [-0.1, -0.05) is 17.7 Å². The molecule has 1 aromatic rings. The van der Waals surface area contributed by atoms with Crippen molar-refractivity contribution >= 4 is 12.0 Å². The summed E-state index contributed by atoms with van der Waals surface area (Å²) in [5, 5.41) is 14.1. The molecule has 5 heteroatoms. The Bertz CT molecular complexity index is 857. The van der Waals surface area contributed by atoms with E-state index in [0.29, 0.717) is 17.5 Å². The minimum atomic E-state index is -0.203. The van der Waals surface area contributed by atoms with Crippen LogP contribution in [-0.2, 0) is 10.2 Å². The molecule has 25 heavy (non-hydrogen) atoms. The first-order valence-corrected chi connectivity index (χ1v) is 8.92. The van der Waals surface area contributed by atoms with Gasteiger partial charge < -0.3 is 15.2 Å². The molecule has 2 saturated heterocycles. The Morgan fingerprint density at radius 3 is 3.00 bits per heavy atom. The van der Waals surface area contributed by atoms with Crippen LogP contribution in [-0.4, -0.2) is 42.5 Å². The number of allylic oxidation sites excluding steroid dienone is 2. The number of phenolic OH excluding ortho intramolecular Hbond substituents is 1. The van der Waals surface area contributed by atoms with Crippen LogP contribution in [0.2, 0.25) is 0 Å². The third kappa shape index (κ3) is 1.60. The van der Waals surface area contributed by atoms with Crippen molar-refractivity contribution < 1.29 is 14.6 Å². The van der Waals surface area contributed by atoms with Gasteiger partial charge in [0, 0.05) is 36.3 Å². The third-order valence-corrected chi connectivity index (χ3v) is 6.79. The average molecular weight is 338 g/mol. The van der Waals surface area contributed by atoms with Gasteiger partial charge in [0.05, 0.1) is 18.2 Å². The summed E-state index contributed by atoms with van der Waals surface area (Å²) >= 11 is 0. The van der Waals surface area contributed by atoms with Gasteiger partial charge in [-0.25, -0.2) is 0 Å². The predicted molar refractivity (Wildman–Crippen MR) is 94.9 cm³/mol. The molecule has 3 heterocycles. The predicted octanol–water partition coefficient (Wildman–Crippen LogP) is 2.57. The van der Waals surface area contributed by atoms with Crippen molar-refractivity contribution in [2.45, 2.75) is 31.2 Å². The highest BCUT2D eigenvalue weighted by molar-refractivity contribution is 5.87. The maximum absolute atomic E-state index is 12.1. The molecule has 0 saturated carbocycles. The van der Waals surface area contributed by atoms with Crippen LogP contribution in [0.25, 0.3) is 0 Å². The zero-order valence-corrected chi connectivity index (χ0v) is 14.5. The number of benzene rings is 1. The zero-order valence-electron chi connectivity index (χ0n) is 14.5. The van der Waals surface area contributed by atoms with E-state index in [1.54, 1.807) is 7.11 Å². The van der Waals surface area contributed by atoms with Gasteiger partial charge in [0.2, 0.25) is 0 Å². The minimum Gasteiger partial charge on any atom is -0.503 e. The maximum Gasteiger partial charge on any atom is 0.182 e. The van der Waals surface area contributed by atoms with E-state index in [0.717, 1.165) is 49.1 Å². The number of hydrogen-bond acceptors (Lipinski definition) is 5. The second kappa shape index (κ2) is 4.88. The first kappa shape index (κ1) is 15.0. The molecule has 1 unspecified atom stereocenters. The topological polar surface area (TPSA) is 61.8 Å². The van der Waals surface area contributed by atoms with Crippen molar-refractivity contribution in [2.75, 3.05) is 25.5 Å². The number of carbonyl (C=O) groups is 1. The second-order valence-electron chi connectivity index (χ2n) is 7.47. The lowest BCUT2D eigenvalue weighted by Crippen LogP contribution is -2.52. The Kier molecular flexibility index (Phi) is 2.93. The number of aromatic hydroxyl groups is 1. The molecule has 1 aromatic carbocycles. The number of hydrogen-bond donors (Lipinski definition) is 2. The summed E-state index contributed by atoms with van der Waals surface area (Å²) in [6.07, 6.45) is 5.15. The lowest BCUT2D eigenvalue weighted by molar-refractivity contribution is -0.105. The van der Waals surface area contributed by atoms with Gasteiger partial charge in [-0.05, 0) is 31.4 Å². The molecule has 1 aliphatic carbocycles. The van der Waals surface area contributed by atoms with Gasteiger partial charge in [-0.2, -0.15) is 0 Å². The first-order valence-electron chi connectivity index (χ1n) is 8.92. The summed E-state index contributed by atoms with van der Waals surface area (Å²) in [6.45, 7) is 4.02. The number of methoxy groups -OCH3 is 1. The molecule has 130 valence electrons. The van der Waals surface area contributed by atoms with Gasteiger partial charge in [-0.15, -0.1) is 0 Å². The number of anilines is 1. The molecular formula is C20H22N2O3. The number of rotatable bonds is 2. The van der Waals surface area contributed by atoms with Gasteiger partial charge in [-0.3, -0.25) is 9.69 Å². The molecule has 2 N–H and O–H groups in total. The highest BCUT2D eigenvalue weighted by Crippen LogP contribution is 2.62. The fourth-order valence-electron chi connectivity index (χ4n) is 5.69. The van der Waals surface area contributed by atoms with E-state index >= 15 is 0 Å². The normalized spacial score (nSPS) is 33.9. The number of piperidine rings is 1. The Morgan fingerprint density at radius 2 is 2.28 bits per heavy atom. The Hall–Kier alpha value is -2.27. The molecule has 0 aromatic heterocycles. The molecule has 2 bridgehead atoms. The third-order valence-electron chi connectivity index (χ3n) is 6.79. The lowest BCUT2D eigenvalue weighted by Gasteiger charge is -2.48. The second-order valence-corrected chi connectivity index (χ2v) is 7.47. The highest BCUT2D eigenvalue weighted by Gasteiger charge is 2.61. The maximum atomic E-state index is 12.1. The number of nitrogens with one attached hydrogen (secondary N) is 1. The molecular weight excluding hydrogens is 316 g/mol. The summed E-state index contributed by atoms with van der Waals surface area (Å²) < 4.78 is 5.28. The minimum absolute atomic E-state index is 0.140. The smallest absolute Gasteiger partial charge is 0.182 e. The van der Waals surface area contributed by atoms with Crippen LogP contribution >= 0.6 is 0 Å². The summed E-state index contributed by atoms with van der Waals surface area (Å²) in [5.41, 5.74) is 4.82. The van der Waals surface area contributed by atoms with Crippen molar-refractivity contribution in [1.82, 2.24) is 4.90 Å². The molecule has 3 aliphatic heterocycles. The molecule has 4 aliphatic rings. The Balaban J connectivity index is 1.80. The van der Waals surface area contributed by atoms with E-state index in [-0.39, 0.29) is 17.1 Å². The molecule has 5 rings (SSSR count). The van der Waals surface area contributed by atoms with E-state index in [1.165, 1.54) is 5.57 Å². The van der Waals surface area contributed by atoms with Crippen LogP contribution in [0.15, 0.2) is 35.1 Å². The quantitative estimate of drug-likeness (QED) is 0.493. The summed E-state index contributed by atoms with van der Waals surface area (Å²) in [6, 6.07) is 4.27. The summed E-state index contributed by atoms with van der Waals surface area (Å²) in [4.78, 5) is 14.6. The molecule has 0 amide bonds. The number of phenols is 1. The standard InChI is InChI=1S/C20H22N2O3/c1-3-11-9-22-7-6-20-14-4-5-15(25-2)18(24)17(14)21-19(20)13(10-23)12(11)8-16(20)22/h3-5,10,12,16,21,24H,6-9H2,1-2H3/b11-3-/t12-,16-,20?/m0/s1. The SMILES string of the molecule is C/C=C1/CN2CCC34C(=C(C=O)[C@H]1C[C@H]23)Nc1c4ccc(OC)c1O. The van der Waals surface area contributed by atoms with Crippen molar-refractivity contribution in [2.24, 2.45) is 5.92 Å². The van der Waals surface area contributed by atoms with Crippen molar-refractivity contribution in [3.63, 3.8) is 0 Å². The van der Waals surface area contributed by atoms with Crippen molar-refractivity contribution in [3.8, 4) is 11.5 Å². The molecule has 1 spiro atoms. The number of aldehydes is 1. The van der Waals surface area contributed by atoms with Gasteiger partial charge in [0.25, 0.3) is 0 Å². The van der Waals surface area contributed by atoms with E-state index < -0.39 is 0 Å². The number of fused-ring (bicyclic) bond motifs is 2. The van der Waals surface area contributed by atoms with Crippen LogP contribution in [0.1, 0.15) is 25.3 Å². The van der Waals surface area contributed by atoms with Gasteiger partial charge in [0.15, 0.2) is 11.5 Å². The summed E-state index contributed by atoms with van der Waals surface area (Å²) in [5.74, 6) is 0.790. The number of ether oxygens (including phenoxy) is 1. The molecule has 5 nitrogen and oxygen atoms in total. The van der Waals surface area contributed by atoms with Crippen molar-refractivity contribution in [3.05, 3.63) is 40.6 Å². The molecule has 0 radical (unpaired) electrons. The Morgan fingerprint density at radius 1 is 1.44 bits per heavy atom. The first-order chi connectivity index (χ1) is 12.2. The van der Waals surface area contributed by atoms with E-state index in [4.69, 9.17) is 4.74 Å². The molecule has 2 fully saturated rings. The van der Waals surface area contributed by atoms with Crippen LogP contribution in [0.5, 0.6) is 11.5 Å². The van der Waals surface area contributed by atoms with Crippen LogP contribution in [0, 0.1) is 5.92 Å². The number of carbonyl (C=O) groups excluding carboxylic acids is 1. The highest BCUT2D eigenvalue weighted by atomic mass is 16.5. The van der Waals surface area contributed by atoms with E-state index in [1.807, 2.05) is 6.07 Å². The van der Waals surface area contributed by atoms with Crippen LogP contribution < -0.4 is 10.1 Å².